The third-order valence-electron chi connectivity index (χ3n) is 7.37. The maximum absolute atomic E-state index is 10.8. The van der Waals surface area contributed by atoms with E-state index in [1.807, 2.05) is 12.1 Å². The van der Waals surface area contributed by atoms with E-state index < -0.39 is 37.8 Å². The first kappa shape index (κ1) is 35.7. The minimum atomic E-state index is -1.11. The topological polar surface area (TPSA) is 138 Å². The molecule has 4 rings (SSSR count). The molecule has 43 heavy (non-hydrogen) atoms. The van der Waals surface area contributed by atoms with Gasteiger partial charge in [-0.1, -0.05) is 102 Å². The zero-order valence-corrected chi connectivity index (χ0v) is 26.3. The van der Waals surface area contributed by atoms with Crippen molar-refractivity contribution in [1.82, 2.24) is 0 Å². The van der Waals surface area contributed by atoms with Gasteiger partial charge in [0.05, 0.1) is 31.8 Å². The molecule has 0 amide bonds. The second-order valence-electron chi connectivity index (χ2n) is 13.1. The highest BCUT2D eigenvalue weighted by molar-refractivity contribution is 5.98. The lowest BCUT2D eigenvalue weighted by atomic mass is 9.78. The predicted octanol–water partition coefficient (Wildman–Crippen LogP) is 5.94. The van der Waals surface area contributed by atoms with E-state index in [1.165, 1.54) is 21.5 Å². The molecule has 0 unspecified atom stereocenters. The molecule has 6 N–H and O–H groups in total. The van der Waals surface area contributed by atoms with Crippen LogP contribution < -0.4 is 0 Å². The number of aliphatic carboxylic acids is 1. The molecule has 0 bridgehead atoms. The molecule has 0 fully saturated rings. The fraction of sp³-hybridized carbons (Fsp3) is 0.417. The Morgan fingerprint density at radius 2 is 0.930 bits per heavy atom. The van der Waals surface area contributed by atoms with Gasteiger partial charge >= 0.3 is 5.97 Å². The number of phenolic OH excluding ortho intramolecular Hbond substituents is 1. The summed E-state index contributed by atoms with van der Waals surface area (Å²) in [5, 5.41) is 58.6. The van der Waals surface area contributed by atoms with Crippen LogP contribution in [-0.4, -0.2) is 63.0 Å². The van der Waals surface area contributed by atoms with Gasteiger partial charge in [-0.2, -0.15) is 0 Å². The second-order valence-corrected chi connectivity index (χ2v) is 13.1. The molecule has 234 valence electrons. The van der Waals surface area contributed by atoms with Gasteiger partial charge in [0, 0.05) is 6.42 Å². The van der Waals surface area contributed by atoms with Crippen LogP contribution in [0.5, 0.6) is 5.75 Å². The standard InChI is InChI=1S/C17H26O3.C14H10.C5H12O4/c1-16(2,3)12-9-11(7-8-14(18)19)10-13(15(12)20)17(4,5)6;1-2-6-12-10-14-8-4-3-7-13(14)9-11(12)5-1;6-1-5(2-7,3-8)4-9/h9-10,20H,7-8H2,1-6H3,(H,18,19);1-10H;6-9H,1-4H2. The van der Waals surface area contributed by atoms with Gasteiger partial charge < -0.3 is 30.6 Å². The molecule has 0 saturated carbocycles. The Hall–Kier alpha value is -3.49. The Balaban J connectivity index is 0.000000243. The molecule has 0 radical (unpaired) electrons. The van der Waals surface area contributed by atoms with Crippen LogP contribution in [0.4, 0.5) is 0 Å². The van der Waals surface area contributed by atoms with Crippen LogP contribution in [0.2, 0.25) is 0 Å². The first-order valence-electron chi connectivity index (χ1n) is 14.5. The maximum Gasteiger partial charge on any atom is 0.303 e. The molecule has 4 aromatic rings. The number of phenols is 1. The molecule has 0 heterocycles. The van der Waals surface area contributed by atoms with E-state index in [4.69, 9.17) is 25.5 Å². The number of fused-ring (bicyclic) bond motifs is 2. The second kappa shape index (κ2) is 15.3. The van der Waals surface area contributed by atoms with Crippen molar-refractivity contribution in [3.8, 4) is 5.75 Å². The largest absolute Gasteiger partial charge is 0.507 e. The van der Waals surface area contributed by atoms with Gasteiger partial charge in [0.2, 0.25) is 0 Å². The predicted molar refractivity (Wildman–Crippen MR) is 174 cm³/mol. The number of carbonyl (C=O) groups is 1. The smallest absolute Gasteiger partial charge is 0.303 e. The molecule has 0 aliphatic carbocycles. The molecule has 0 aliphatic rings. The highest BCUT2D eigenvalue weighted by Crippen LogP contribution is 2.40. The minimum Gasteiger partial charge on any atom is -0.507 e. The van der Waals surface area contributed by atoms with E-state index in [9.17, 15) is 9.90 Å². The van der Waals surface area contributed by atoms with E-state index >= 15 is 0 Å². The lowest BCUT2D eigenvalue weighted by Crippen LogP contribution is -2.37. The molecule has 7 heteroatoms. The van der Waals surface area contributed by atoms with Gasteiger partial charge in [0.1, 0.15) is 5.75 Å². The first-order chi connectivity index (χ1) is 20.1. The van der Waals surface area contributed by atoms with Crippen LogP contribution in [0.15, 0.2) is 72.8 Å². The van der Waals surface area contributed by atoms with Crippen molar-refractivity contribution in [3.05, 3.63) is 89.5 Å². The van der Waals surface area contributed by atoms with Gasteiger partial charge in [0.25, 0.3) is 0 Å². The van der Waals surface area contributed by atoms with Crippen molar-refractivity contribution in [2.75, 3.05) is 26.4 Å². The zero-order valence-electron chi connectivity index (χ0n) is 26.3. The normalized spacial score (nSPS) is 11.9. The monoisotopic (exact) mass is 592 g/mol. The summed E-state index contributed by atoms with van der Waals surface area (Å²) in [5.74, 6) is -0.461. The fourth-order valence-electron chi connectivity index (χ4n) is 4.42. The highest BCUT2D eigenvalue weighted by Gasteiger charge is 2.27. The number of aromatic hydroxyl groups is 1. The lowest BCUT2D eigenvalue weighted by Gasteiger charge is -2.28. The molecule has 7 nitrogen and oxygen atoms in total. The molecule has 0 spiro atoms. The molecular weight excluding hydrogens is 544 g/mol. The average molecular weight is 593 g/mol. The summed E-state index contributed by atoms with van der Waals surface area (Å²) in [6.07, 6.45) is 0.597. The number of aryl methyl sites for hydroxylation is 1. The number of hydrogen-bond donors (Lipinski definition) is 6. The molecule has 4 aromatic carbocycles. The number of aliphatic hydroxyl groups is 4. The third kappa shape index (κ3) is 10.0. The summed E-state index contributed by atoms with van der Waals surface area (Å²) in [6, 6.07) is 25.3. The number of benzene rings is 4. The fourth-order valence-corrected chi connectivity index (χ4v) is 4.42. The van der Waals surface area contributed by atoms with Gasteiger partial charge in [-0.3, -0.25) is 4.79 Å². The molecule has 0 aromatic heterocycles. The van der Waals surface area contributed by atoms with E-state index in [0.717, 1.165) is 16.7 Å². The third-order valence-corrected chi connectivity index (χ3v) is 7.37. The lowest BCUT2D eigenvalue weighted by molar-refractivity contribution is -0.136. The molecule has 0 atom stereocenters. The van der Waals surface area contributed by atoms with Crippen LogP contribution in [0, 0.1) is 5.41 Å². The number of rotatable bonds is 7. The van der Waals surface area contributed by atoms with Crippen LogP contribution in [0.1, 0.15) is 64.7 Å². The van der Waals surface area contributed by atoms with Gasteiger partial charge in [-0.15, -0.1) is 0 Å². The Morgan fingerprint density at radius 3 is 1.16 bits per heavy atom. The van der Waals surface area contributed by atoms with Crippen molar-refractivity contribution in [3.63, 3.8) is 0 Å². The van der Waals surface area contributed by atoms with E-state index in [2.05, 4.69) is 102 Å². The van der Waals surface area contributed by atoms with Gasteiger partial charge in [-0.05, 0) is 67.6 Å². The first-order valence-corrected chi connectivity index (χ1v) is 14.5. The summed E-state index contributed by atoms with van der Waals surface area (Å²) in [7, 11) is 0. The SMILES string of the molecule is CC(C)(C)c1cc(CCC(=O)O)cc(C(C)(C)C)c1O.OCC(CO)(CO)CO.c1ccc2cc3ccccc3cc2c1. The summed E-state index contributed by atoms with van der Waals surface area (Å²) < 4.78 is 0. The van der Waals surface area contributed by atoms with Crippen LogP contribution in [0.3, 0.4) is 0 Å². The minimum absolute atomic E-state index is 0.109. The highest BCUT2D eigenvalue weighted by atomic mass is 16.4. The van der Waals surface area contributed by atoms with E-state index in [1.54, 1.807) is 0 Å². The molecular formula is C36H48O7. The average Bonchev–Trinajstić information content (AvgIpc) is 2.96. The Kier molecular flexibility index (Phi) is 12.7. The Morgan fingerprint density at radius 1 is 0.605 bits per heavy atom. The van der Waals surface area contributed by atoms with Crippen LogP contribution >= 0.6 is 0 Å². The number of hydrogen-bond acceptors (Lipinski definition) is 6. The molecule has 0 aliphatic heterocycles. The van der Waals surface area contributed by atoms with Crippen molar-refractivity contribution >= 4 is 27.5 Å². The summed E-state index contributed by atoms with van der Waals surface area (Å²) in [5.41, 5.74) is 1.27. The Bertz CT molecular complexity index is 1320. The van der Waals surface area contributed by atoms with Crippen molar-refractivity contribution < 1.29 is 35.4 Å². The quantitative estimate of drug-likeness (QED) is 0.146. The number of aliphatic hydroxyl groups excluding tert-OH is 4. The Labute approximate surface area is 255 Å². The summed E-state index contributed by atoms with van der Waals surface area (Å²) >= 11 is 0. The van der Waals surface area contributed by atoms with Crippen molar-refractivity contribution in [2.24, 2.45) is 5.41 Å². The van der Waals surface area contributed by atoms with E-state index in [0.29, 0.717) is 12.2 Å². The van der Waals surface area contributed by atoms with Crippen LogP contribution in [-0.2, 0) is 22.0 Å². The molecule has 0 saturated heterocycles. The van der Waals surface area contributed by atoms with E-state index in [-0.39, 0.29) is 17.3 Å². The summed E-state index contributed by atoms with van der Waals surface area (Å²) in [6.45, 7) is 10.7. The number of carboxylic acids is 1. The zero-order chi connectivity index (χ0) is 32.4. The van der Waals surface area contributed by atoms with Crippen molar-refractivity contribution in [1.29, 1.82) is 0 Å². The van der Waals surface area contributed by atoms with Gasteiger partial charge in [-0.25, -0.2) is 0 Å². The van der Waals surface area contributed by atoms with Crippen molar-refractivity contribution in [2.45, 2.75) is 65.2 Å². The van der Waals surface area contributed by atoms with Crippen LogP contribution in [0.25, 0.3) is 21.5 Å². The van der Waals surface area contributed by atoms with Gasteiger partial charge in [0.15, 0.2) is 0 Å². The maximum atomic E-state index is 10.8. The summed E-state index contributed by atoms with van der Waals surface area (Å²) in [4.78, 5) is 10.8. The number of carboxylic acid groups (broad SMARTS) is 1.